The van der Waals surface area contributed by atoms with E-state index < -0.39 is 17.4 Å². The minimum Gasteiger partial charge on any atom is -0.496 e. The molecular formula is C14H8FNO4. The highest BCUT2D eigenvalue weighted by atomic mass is 19.1. The fourth-order valence-electron chi connectivity index (χ4n) is 1.95. The van der Waals surface area contributed by atoms with Crippen LogP contribution in [0.3, 0.4) is 0 Å². The summed E-state index contributed by atoms with van der Waals surface area (Å²) in [7, 11) is 1.37. The molecule has 0 atom stereocenters. The maximum absolute atomic E-state index is 13.9. The second-order valence-corrected chi connectivity index (χ2v) is 4.08. The van der Waals surface area contributed by atoms with Crippen molar-refractivity contribution < 1.29 is 23.1 Å². The van der Waals surface area contributed by atoms with Gasteiger partial charge in [-0.25, -0.2) is 9.37 Å². The van der Waals surface area contributed by atoms with Gasteiger partial charge in [0.2, 0.25) is 23.2 Å². The van der Waals surface area contributed by atoms with Crippen molar-refractivity contribution >= 4 is 11.6 Å². The first-order valence-corrected chi connectivity index (χ1v) is 5.72. The minimum atomic E-state index is -0.615. The van der Waals surface area contributed by atoms with E-state index in [1.54, 1.807) is 0 Å². The quantitative estimate of drug-likeness (QED) is 0.840. The van der Waals surface area contributed by atoms with Gasteiger partial charge in [-0.2, -0.15) is 0 Å². The third-order valence-electron chi connectivity index (χ3n) is 2.88. The van der Waals surface area contributed by atoms with Crippen LogP contribution in [0.4, 0.5) is 4.39 Å². The second kappa shape index (κ2) is 4.41. The van der Waals surface area contributed by atoms with Gasteiger partial charge >= 0.3 is 0 Å². The number of carbonyl (C=O) groups excluding carboxylic acids is 2. The van der Waals surface area contributed by atoms with Crippen LogP contribution in [0, 0.1) is 5.82 Å². The molecule has 0 aliphatic heterocycles. The Morgan fingerprint density at radius 2 is 1.95 bits per heavy atom. The average molecular weight is 273 g/mol. The summed E-state index contributed by atoms with van der Waals surface area (Å²) >= 11 is 0. The average Bonchev–Trinajstić information content (AvgIpc) is 2.88. The molecule has 1 aromatic carbocycles. The van der Waals surface area contributed by atoms with E-state index in [2.05, 4.69) is 4.98 Å². The van der Waals surface area contributed by atoms with Gasteiger partial charge in [0.05, 0.1) is 7.11 Å². The molecule has 0 spiro atoms. The molecule has 6 heteroatoms. The van der Waals surface area contributed by atoms with Crippen LogP contribution >= 0.6 is 0 Å². The molecule has 2 aromatic rings. The Morgan fingerprint density at radius 1 is 1.20 bits per heavy atom. The molecule has 100 valence electrons. The lowest BCUT2D eigenvalue weighted by molar-refractivity contribution is 0.0974. The van der Waals surface area contributed by atoms with E-state index in [1.807, 2.05) is 0 Å². The molecule has 1 aromatic heterocycles. The Labute approximate surface area is 112 Å². The number of hydrogen-bond donors (Lipinski definition) is 0. The van der Waals surface area contributed by atoms with E-state index in [-0.39, 0.29) is 28.7 Å². The first-order chi connectivity index (χ1) is 9.61. The van der Waals surface area contributed by atoms with Gasteiger partial charge in [0.15, 0.2) is 5.69 Å². The third-order valence-corrected chi connectivity index (χ3v) is 2.88. The van der Waals surface area contributed by atoms with Gasteiger partial charge in [0, 0.05) is 0 Å². The molecule has 0 N–H and O–H groups in total. The highest BCUT2D eigenvalue weighted by Gasteiger charge is 2.28. The molecule has 0 radical (unpaired) electrons. The Bertz CT molecular complexity index is 725. The van der Waals surface area contributed by atoms with Crippen molar-refractivity contribution in [1.82, 2.24) is 4.98 Å². The fourth-order valence-corrected chi connectivity index (χ4v) is 1.95. The Morgan fingerprint density at radius 3 is 2.65 bits per heavy atom. The number of methoxy groups -OCH3 is 1. The van der Waals surface area contributed by atoms with E-state index in [1.165, 1.54) is 25.3 Å². The topological polar surface area (TPSA) is 69.4 Å². The SMILES string of the molecule is COc1cccc(F)c1-c1nc2c(o1)C(=O)C=CC2=O. The number of hydrogen-bond acceptors (Lipinski definition) is 5. The summed E-state index contributed by atoms with van der Waals surface area (Å²) in [6.07, 6.45) is 2.20. The predicted octanol–water partition coefficient (Wildman–Crippen LogP) is 2.42. The number of fused-ring (bicyclic) bond motifs is 1. The van der Waals surface area contributed by atoms with Gasteiger partial charge < -0.3 is 9.15 Å². The third kappa shape index (κ3) is 1.73. The van der Waals surface area contributed by atoms with Gasteiger partial charge in [0.25, 0.3) is 0 Å². The number of halogens is 1. The molecule has 0 bridgehead atoms. The van der Waals surface area contributed by atoms with Gasteiger partial charge in [-0.05, 0) is 24.3 Å². The Hall–Kier alpha value is -2.76. The monoisotopic (exact) mass is 273 g/mol. The summed E-state index contributed by atoms with van der Waals surface area (Å²) in [6.45, 7) is 0. The second-order valence-electron chi connectivity index (χ2n) is 4.08. The van der Waals surface area contributed by atoms with Crippen molar-refractivity contribution in [2.24, 2.45) is 0 Å². The summed E-state index contributed by atoms with van der Waals surface area (Å²) in [5, 5.41) is 0. The van der Waals surface area contributed by atoms with E-state index in [4.69, 9.17) is 9.15 Å². The van der Waals surface area contributed by atoms with E-state index >= 15 is 0 Å². The zero-order valence-corrected chi connectivity index (χ0v) is 10.3. The van der Waals surface area contributed by atoms with Crippen LogP contribution in [0.1, 0.15) is 21.0 Å². The summed E-state index contributed by atoms with van der Waals surface area (Å²) in [5.41, 5.74) is -0.136. The maximum Gasteiger partial charge on any atom is 0.234 e. The van der Waals surface area contributed by atoms with Crippen molar-refractivity contribution in [2.45, 2.75) is 0 Å². The van der Waals surface area contributed by atoms with Crippen LogP contribution in [0.25, 0.3) is 11.5 Å². The zero-order chi connectivity index (χ0) is 14.3. The zero-order valence-electron chi connectivity index (χ0n) is 10.3. The Balaban J connectivity index is 2.21. The molecule has 1 aliphatic carbocycles. The van der Waals surface area contributed by atoms with Crippen molar-refractivity contribution in [1.29, 1.82) is 0 Å². The van der Waals surface area contributed by atoms with Crippen molar-refractivity contribution in [3.05, 3.63) is 47.6 Å². The van der Waals surface area contributed by atoms with Crippen LogP contribution in [-0.4, -0.2) is 23.7 Å². The number of ether oxygens (including phenoxy) is 1. The number of rotatable bonds is 2. The van der Waals surface area contributed by atoms with Crippen LogP contribution in [-0.2, 0) is 0 Å². The molecular weight excluding hydrogens is 265 g/mol. The number of nitrogens with zero attached hydrogens (tertiary/aromatic N) is 1. The maximum atomic E-state index is 13.9. The van der Waals surface area contributed by atoms with Gasteiger partial charge in [-0.1, -0.05) is 6.07 Å². The molecule has 5 nitrogen and oxygen atoms in total. The summed E-state index contributed by atoms with van der Waals surface area (Å²) in [6, 6.07) is 4.21. The minimum absolute atomic E-state index is 0.0231. The number of benzene rings is 1. The summed E-state index contributed by atoms with van der Waals surface area (Å²) in [5.74, 6) is -1.68. The number of oxazole rings is 1. The summed E-state index contributed by atoms with van der Waals surface area (Å²) < 4.78 is 24.2. The summed E-state index contributed by atoms with van der Waals surface area (Å²) in [4.78, 5) is 27.2. The molecule has 0 saturated heterocycles. The first kappa shape index (κ1) is 12.3. The van der Waals surface area contributed by atoms with Crippen LogP contribution < -0.4 is 4.74 Å². The molecule has 1 aliphatic rings. The van der Waals surface area contributed by atoms with Crippen molar-refractivity contribution in [2.75, 3.05) is 7.11 Å². The molecule has 3 rings (SSSR count). The highest BCUT2D eigenvalue weighted by molar-refractivity contribution is 6.20. The van der Waals surface area contributed by atoms with Crippen molar-refractivity contribution in [3.8, 4) is 17.2 Å². The number of carbonyl (C=O) groups is 2. The van der Waals surface area contributed by atoms with E-state index in [9.17, 15) is 14.0 Å². The first-order valence-electron chi connectivity index (χ1n) is 5.72. The van der Waals surface area contributed by atoms with Crippen LogP contribution in [0.5, 0.6) is 5.75 Å². The fraction of sp³-hybridized carbons (Fsp3) is 0.0714. The lowest BCUT2D eigenvalue weighted by atomic mass is 10.1. The Kier molecular flexibility index (Phi) is 2.71. The molecule has 0 saturated carbocycles. The number of ketones is 2. The van der Waals surface area contributed by atoms with Gasteiger partial charge in [-0.3, -0.25) is 9.59 Å². The van der Waals surface area contributed by atoms with Crippen LogP contribution in [0.2, 0.25) is 0 Å². The largest absolute Gasteiger partial charge is 0.496 e. The lowest BCUT2D eigenvalue weighted by Gasteiger charge is -2.05. The smallest absolute Gasteiger partial charge is 0.234 e. The van der Waals surface area contributed by atoms with E-state index in [0.717, 1.165) is 12.2 Å². The van der Waals surface area contributed by atoms with Gasteiger partial charge in [0.1, 0.15) is 17.1 Å². The predicted molar refractivity (Wildman–Crippen MR) is 66.2 cm³/mol. The lowest BCUT2D eigenvalue weighted by Crippen LogP contribution is -2.09. The molecule has 0 unspecified atom stereocenters. The standard InChI is InChI=1S/C14H8FNO4/c1-19-10-4-2-3-7(15)11(10)14-16-12-8(17)5-6-9(18)13(12)20-14/h2-6H,1H3. The number of aromatic nitrogens is 1. The molecule has 0 amide bonds. The highest BCUT2D eigenvalue weighted by Crippen LogP contribution is 2.34. The van der Waals surface area contributed by atoms with Crippen LogP contribution in [0.15, 0.2) is 34.8 Å². The number of allylic oxidation sites excluding steroid dienone is 2. The van der Waals surface area contributed by atoms with Crippen molar-refractivity contribution in [3.63, 3.8) is 0 Å². The van der Waals surface area contributed by atoms with E-state index in [0.29, 0.717) is 0 Å². The molecule has 20 heavy (non-hydrogen) atoms. The van der Waals surface area contributed by atoms with Gasteiger partial charge in [-0.15, -0.1) is 0 Å². The molecule has 1 heterocycles. The molecule has 0 fully saturated rings. The normalized spacial score (nSPS) is 13.5.